The van der Waals surface area contributed by atoms with Crippen LogP contribution in [-0.2, 0) is 0 Å². The number of benzene rings is 5. The summed E-state index contributed by atoms with van der Waals surface area (Å²) in [5.74, 6) is 0.700. The Hall–Kier alpha value is -5.15. The number of hydrogen-bond donors (Lipinski definition) is 0. The maximum atomic E-state index is 5.13. The molecule has 2 heterocycles. The average Bonchev–Trinajstić information content (AvgIpc) is 3.01. The van der Waals surface area contributed by atoms with Gasteiger partial charge in [-0.15, -0.1) is 0 Å². The van der Waals surface area contributed by atoms with Crippen molar-refractivity contribution >= 4 is 21.5 Å². The zero-order valence-electron chi connectivity index (χ0n) is 20.6. The van der Waals surface area contributed by atoms with E-state index in [1.54, 1.807) is 0 Å². The first-order chi connectivity index (χ1) is 18.8. The van der Waals surface area contributed by atoms with Gasteiger partial charge in [0.25, 0.3) is 0 Å². The molecule has 0 saturated heterocycles. The third kappa shape index (κ3) is 4.00. The van der Waals surface area contributed by atoms with E-state index in [-0.39, 0.29) is 0 Å². The van der Waals surface area contributed by atoms with E-state index in [2.05, 4.69) is 102 Å². The average molecular weight is 486 g/mol. The molecule has 38 heavy (non-hydrogen) atoms. The molecule has 0 amide bonds. The van der Waals surface area contributed by atoms with Gasteiger partial charge >= 0.3 is 0 Å². The van der Waals surface area contributed by atoms with Crippen molar-refractivity contribution in [3.63, 3.8) is 0 Å². The molecular formula is C35H23N3. The Kier molecular flexibility index (Phi) is 5.45. The number of aromatic nitrogens is 3. The summed E-state index contributed by atoms with van der Waals surface area (Å²) in [5.41, 5.74) is 6.95. The molecule has 0 bridgehead atoms. The molecule has 0 N–H and O–H groups in total. The van der Waals surface area contributed by atoms with Crippen molar-refractivity contribution in [3.8, 4) is 45.2 Å². The molecule has 5 aromatic carbocycles. The Morgan fingerprint density at radius 2 is 1.03 bits per heavy atom. The topological polar surface area (TPSA) is 38.7 Å². The quantitative estimate of drug-likeness (QED) is 0.234. The maximum Gasteiger partial charge on any atom is 0.160 e. The lowest BCUT2D eigenvalue weighted by Gasteiger charge is -2.13. The SMILES string of the molecule is c1ccc(-c2cc(-c3cc4ccccc4c4ccccc34)nc(-c3ccc(-c4ccccn4)cc3)n2)cc1. The minimum atomic E-state index is 0.700. The smallest absolute Gasteiger partial charge is 0.160 e. The number of fused-ring (bicyclic) bond motifs is 3. The van der Waals surface area contributed by atoms with E-state index in [4.69, 9.17) is 9.97 Å². The second-order valence-electron chi connectivity index (χ2n) is 9.31. The standard InChI is InChI=1S/C35H23N3/c1-2-10-24(11-3-1)33-23-34(31-22-27-12-4-5-13-28(27)29-14-6-7-15-30(29)31)38-35(37-33)26-19-17-25(18-20-26)32-16-8-9-21-36-32/h1-23H. The van der Waals surface area contributed by atoms with Crippen LogP contribution in [0.1, 0.15) is 0 Å². The van der Waals surface area contributed by atoms with Crippen LogP contribution in [0.25, 0.3) is 66.7 Å². The van der Waals surface area contributed by atoms with Crippen LogP contribution in [0.3, 0.4) is 0 Å². The molecule has 0 saturated carbocycles. The predicted octanol–water partition coefficient (Wildman–Crippen LogP) is 8.85. The first-order valence-corrected chi connectivity index (χ1v) is 12.7. The van der Waals surface area contributed by atoms with Gasteiger partial charge in [0.2, 0.25) is 0 Å². The lowest BCUT2D eigenvalue weighted by Crippen LogP contribution is -1.97. The molecule has 0 aliphatic rings. The van der Waals surface area contributed by atoms with E-state index >= 15 is 0 Å². The van der Waals surface area contributed by atoms with E-state index < -0.39 is 0 Å². The summed E-state index contributed by atoms with van der Waals surface area (Å²) < 4.78 is 0. The normalized spacial score (nSPS) is 11.2. The molecule has 0 unspecified atom stereocenters. The van der Waals surface area contributed by atoms with Crippen molar-refractivity contribution in [1.29, 1.82) is 0 Å². The van der Waals surface area contributed by atoms with Crippen molar-refractivity contribution < 1.29 is 0 Å². The molecule has 2 aromatic heterocycles. The summed E-state index contributed by atoms with van der Waals surface area (Å²) >= 11 is 0. The Balaban J connectivity index is 1.44. The van der Waals surface area contributed by atoms with E-state index in [0.717, 1.165) is 39.3 Å². The molecule has 7 rings (SSSR count). The molecule has 0 aliphatic carbocycles. The summed E-state index contributed by atoms with van der Waals surface area (Å²) in [6.07, 6.45) is 1.82. The lowest BCUT2D eigenvalue weighted by molar-refractivity contribution is 1.18. The molecule has 0 aliphatic heterocycles. The number of pyridine rings is 1. The molecule has 3 heteroatoms. The minimum Gasteiger partial charge on any atom is -0.256 e. The monoisotopic (exact) mass is 485 g/mol. The summed E-state index contributed by atoms with van der Waals surface area (Å²) in [7, 11) is 0. The highest BCUT2D eigenvalue weighted by Gasteiger charge is 2.14. The van der Waals surface area contributed by atoms with Gasteiger partial charge in [-0.05, 0) is 45.8 Å². The lowest BCUT2D eigenvalue weighted by atomic mass is 9.95. The number of nitrogens with zero attached hydrogens (tertiary/aromatic N) is 3. The zero-order chi connectivity index (χ0) is 25.3. The van der Waals surface area contributed by atoms with Crippen LogP contribution >= 0.6 is 0 Å². The van der Waals surface area contributed by atoms with E-state index in [1.165, 1.54) is 21.5 Å². The van der Waals surface area contributed by atoms with Crippen LogP contribution in [0.4, 0.5) is 0 Å². The van der Waals surface area contributed by atoms with Gasteiger partial charge in [-0.3, -0.25) is 4.98 Å². The summed E-state index contributed by atoms with van der Waals surface area (Å²) in [5, 5.41) is 4.85. The van der Waals surface area contributed by atoms with Gasteiger partial charge < -0.3 is 0 Å². The van der Waals surface area contributed by atoms with Crippen molar-refractivity contribution in [2.75, 3.05) is 0 Å². The molecule has 7 aromatic rings. The van der Waals surface area contributed by atoms with Crippen molar-refractivity contribution in [2.45, 2.75) is 0 Å². The number of rotatable bonds is 4. The number of hydrogen-bond acceptors (Lipinski definition) is 3. The van der Waals surface area contributed by atoms with Crippen molar-refractivity contribution in [3.05, 3.63) is 140 Å². The minimum absolute atomic E-state index is 0.700. The predicted molar refractivity (Wildman–Crippen MR) is 157 cm³/mol. The molecule has 0 spiro atoms. The van der Waals surface area contributed by atoms with Gasteiger partial charge in [-0.1, -0.05) is 109 Å². The van der Waals surface area contributed by atoms with Crippen LogP contribution in [0.5, 0.6) is 0 Å². The summed E-state index contributed by atoms with van der Waals surface area (Å²) in [6.45, 7) is 0. The van der Waals surface area contributed by atoms with Crippen LogP contribution in [0, 0.1) is 0 Å². The van der Waals surface area contributed by atoms with Gasteiger partial charge in [0.15, 0.2) is 5.82 Å². The van der Waals surface area contributed by atoms with Crippen LogP contribution in [0.2, 0.25) is 0 Å². The Bertz CT molecular complexity index is 1890. The highest BCUT2D eigenvalue weighted by molar-refractivity contribution is 6.13. The van der Waals surface area contributed by atoms with Crippen LogP contribution in [-0.4, -0.2) is 15.0 Å². The van der Waals surface area contributed by atoms with Gasteiger partial charge in [-0.2, -0.15) is 0 Å². The second kappa shape index (κ2) is 9.38. The highest BCUT2D eigenvalue weighted by atomic mass is 14.9. The molecule has 0 radical (unpaired) electrons. The third-order valence-electron chi connectivity index (χ3n) is 6.94. The first-order valence-electron chi connectivity index (χ1n) is 12.7. The fourth-order valence-corrected chi connectivity index (χ4v) is 5.06. The molecular weight excluding hydrogens is 462 g/mol. The fraction of sp³-hybridized carbons (Fsp3) is 0. The highest BCUT2D eigenvalue weighted by Crippen LogP contribution is 2.36. The molecule has 3 nitrogen and oxygen atoms in total. The van der Waals surface area contributed by atoms with Crippen LogP contribution < -0.4 is 0 Å². The molecule has 0 fully saturated rings. The molecule has 178 valence electrons. The summed E-state index contributed by atoms with van der Waals surface area (Å²) in [6, 6.07) is 46.1. The van der Waals surface area contributed by atoms with E-state index in [9.17, 15) is 0 Å². The van der Waals surface area contributed by atoms with Gasteiger partial charge in [-0.25, -0.2) is 9.97 Å². The Labute approximate surface area is 221 Å². The summed E-state index contributed by atoms with van der Waals surface area (Å²) in [4.78, 5) is 14.6. The largest absolute Gasteiger partial charge is 0.256 e. The van der Waals surface area contributed by atoms with Gasteiger partial charge in [0, 0.05) is 28.5 Å². The third-order valence-corrected chi connectivity index (χ3v) is 6.94. The fourth-order valence-electron chi connectivity index (χ4n) is 5.06. The second-order valence-corrected chi connectivity index (χ2v) is 9.31. The van der Waals surface area contributed by atoms with E-state index in [0.29, 0.717) is 5.82 Å². The zero-order valence-corrected chi connectivity index (χ0v) is 20.6. The first kappa shape index (κ1) is 22.1. The van der Waals surface area contributed by atoms with Gasteiger partial charge in [0.05, 0.1) is 17.1 Å². The Morgan fingerprint density at radius 1 is 0.395 bits per heavy atom. The van der Waals surface area contributed by atoms with Gasteiger partial charge in [0.1, 0.15) is 0 Å². The van der Waals surface area contributed by atoms with E-state index in [1.807, 2.05) is 42.6 Å². The van der Waals surface area contributed by atoms with Crippen molar-refractivity contribution in [2.24, 2.45) is 0 Å². The maximum absolute atomic E-state index is 5.13. The van der Waals surface area contributed by atoms with Crippen LogP contribution in [0.15, 0.2) is 140 Å². The molecule has 0 atom stereocenters. The van der Waals surface area contributed by atoms with Crippen molar-refractivity contribution in [1.82, 2.24) is 15.0 Å². The Morgan fingerprint density at radius 3 is 1.82 bits per heavy atom.